The number of benzene rings is 1. The second-order valence-corrected chi connectivity index (χ2v) is 6.09. The third kappa shape index (κ3) is 5.58. The van der Waals surface area contributed by atoms with Crippen molar-refractivity contribution in [3.63, 3.8) is 0 Å². The first-order valence-electron chi connectivity index (χ1n) is 8.88. The van der Waals surface area contributed by atoms with Gasteiger partial charge in [0.2, 0.25) is 0 Å². The first-order valence-corrected chi connectivity index (χ1v) is 8.88. The molecule has 0 aliphatic rings. The SMILES string of the molecule is CCn1cnc(C)c1.CCn1cncc1C.Cc1ccc2nc[nH]c2c1. The molecule has 0 radical (unpaired) electrons. The molecule has 1 N–H and O–H groups in total. The highest BCUT2D eigenvalue weighted by atomic mass is 15.0. The fraction of sp³-hybridized carbons (Fsp3) is 0.350. The molecule has 0 atom stereocenters. The molecule has 0 aliphatic heterocycles. The summed E-state index contributed by atoms with van der Waals surface area (Å²) in [6, 6.07) is 6.16. The van der Waals surface area contributed by atoms with Gasteiger partial charge in [-0.2, -0.15) is 0 Å². The summed E-state index contributed by atoms with van der Waals surface area (Å²) < 4.78 is 4.15. The van der Waals surface area contributed by atoms with Crippen LogP contribution in [0.3, 0.4) is 0 Å². The number of rotatable bonds is 2. The Kier molecular flexibility index (Phi) is 7.14. The highest BCUT2D eigenvalue weighted by Gasteiger charge is 1.92. The minimum Gasteiger partial charge on any atom is -0.345 e. The molecule has 0 saturated heterocycles. The Bertz CT molecular complexity index is 915. The zero-order chi connectivity index (χ0) is 18.9. The van der Waals surface area contributed by atoms with Gasteiger partial charge >= 0.3 is 0 Å². The lowest BCUT2D eigenvalue weighted by Gasteiger charge is -1.95. The van der Waals surface area contributed by atoms with E-state index < -0.39 is 0 Å². The molecule has 3 aromatic heterocycles. The third-order valence-electron chi connectivity index (χ3n) is 3.96. The maximum Gasteiger partial charge on any atom is 0.0949 e. The van der Waals surface area contributed by atoms with Gasteiger partial charge in [0.05, 0.1) is 35.7 Å². The van der Waals surface area contributed by atoms with E-state index in [9.17, 15) is 0 Å². The number of aromatic nitrogens is 6. The first-order chi connectivity index (χ1) is 12.5. The Morgan fingerprint density at radius 2 is 1.81 bits per heavy atom. The van der Waals surface area contributed by atoms with Crippen molar-refractivity contribution in [1.29, 1.82) is 0 Å². The molecular weight excluding hydrogens is 324 g/mol. The molecule has 1 aromatic carbocycles. The molecule has 26 heavy (non-hydrogen) atoms. The molecule has 6 nitrogen and oxygen atoms in total. The van der Waals surface area contributed by atoms with E-state index in [1.807, 2.05) is 38.0 Å². The summed E-state index contributed by atoms with van der Waals surface area (Å²) in [5, 5.41) is 0. The summed E-state index contributed by atoms with van der Waals surface area (Å²) in [4.78, 5) is 15.2. The van der Waals surface area contributed by atoms with Gasteiger partial charge in [0.15, 0.2) is 0 Å². The fourth-order valence-electron chi connectivity index (χ4n) is 2.41. The van der Waals surface area contributed by atoms with Crippen LogP contribution in [0.15, 0.2) is 49.6 Å². The fourth-order valence-corrected chi connectivity index (χ4v) is 2.41. The lowest BCUT2D eigenvalue weighted by Crippen LogP contribution is -1.92. The van der Waals surface area contributed by atoms with Crippen molar-refractivity contribution >= 4 is 11.0 Å². The molecule has 0 saturated carbocycles. The van der Waals surface area contributed by atoms with Crippen molar-refractivity contribution in [2.75, 3.05) is 0 Å². The zero-order valence-corrected chi connectivity index (χ0v) is 16.3. The van der Waals surface area contributed by atoms with Gasteiger partial charge in [-0.1, -0.05) is 6.07 Å². The normalized spacial score (nSPS) is 10.0. The Morgan fingerprint density at radius 1 is 1.00 bits per heavy atom. The van der Waals surface area contributed by atoms with Crippen LogP contribution in [-0.2, 0) is 13.1 Å². The van der Waals surface area contributed by atoms with Crippen LogP contribution in [0.1, 0.15) is 30.8 Å². The van der Waals surface area contributed by atoms with Gasteiger partial charge in [-0.3, -0.25) is 0 Å². The standard InChI is InChI=1S/C8H8N2.2C6H10N2/c1-6-2-3-7-8(4-6)10-5-9-7;1-3-8-4-6(2)7-5-8;1-3-8-5-7-4-6(8)2/h2-5H,1H3,(H,9,10);2*4-5H,3H2,1-2H3. The summed E-state index contributed by atoms with van der Waals surface area (Å²) in [5.74, 6) is 0. The molecule has 6 heteroatoms. The molecule has 0 aliphatic carbocycles. The molecule has 0 fully saturated rings. The smallest absolute Gasteiger partial charge is 0.0949 e. The van der Waals surface area contributed by atoms with Crippen LogP contribution < -0.4 is 0 Å². The van der Waals surface area contributed by atoms with Crippen molar-refractivity contribution in [2.24, 2.45) is 0 Å². The van der Waals surface area contributed by atoms with Gasteiger partial charge in [-0.25, -0.2) is 15.0 Å². The Hall–Kier alpha value is -2.89. The quantitative estimate of drug-likeness (QED) is 0.585. The van der Waals surface area contributed by atoms with Crippen LogP contribution in [0.4, 0.5) is 0 Å². The van der Waals surface area contributed by atoms with Crippen LogP contribution in [-0.4, -0.2) is 29.1 Å². The second kappa shape index (κ2) is 9.56. The number of fused-ring (bicyclic) bond motifs is 1. The number of hydrogen-bond donors (Lipinski definition) is 1. The summed E-state index contributed by atoms with van der Waals surface area (Å²) in [7, 11) is 0. The van der Waals surface area contributed by atoms with Gasteiger partial charge in [-0.15, -0.1) is 0 Å². The zero-order valence-electron chi connectivity index (χ0n) is 16.3. The number of imidazole rings is 3. The van der Waals surface area contributed by atoms with Gasteiger partial charge < -0.3 is 14.1 Å². The van der Waals surface area contributed by atoms with Crippen molar-refractivity contribution in [2.45, 2.75) is 47.7 Å². The van der Waals surface area contributed by atoms with Gasteiger partial charge in [0, 0.05) is 31.2 Å². The minimum absolute atomic E-state index is 1.01. The maximum atomic E-state index is 4.10. The number of nitrogens with zero attached hydrogens (tertiary/aromatic N) is 5. The van der Waals surface area contributed by atoms with Gasteiger partial charge in [-0.05, 0) is 52.3 Å². The van der Waals surface area contributed by atoms with Crippen LogP contribution in [0.5, 0.6) is 0 Å². The number of H-pyrrole nitrogens is 1. The molecular formula is C20H28N6. The van der Waals surface area contributed by atoms with E-state index in [-0.39, 0.29) is 0 Å². The van der Waals surface area contributed by atoms with Crippen molar-refractivity contribution in [3.05, 3.63) is 66.5 Å². The second-order valence-electron chi connectivity index (χ2n) is 6.09. The van der Waals surface area contributed by atoms with E-state index in [0.29, 0.717) is 0 Å². The Balaban J connectivity index is 0.000000142. The molecule has 0 bridgehead atoms. The van der Waals surface area contributed by atoms with Crippen LogP contribution in [0.2, 0.25) is 0 Å². The van der Waals surface area contributed by atoms with E-state index in [1.54, 1.807) is 6.33 Å². The first kappa shape index (κ1) is 19.4. The predicted octanol–water partition coefficient (Wildman–Crippen LogP) is 4.29. The molecule has 138 valence electrons. The monoisotopic (exact) mass is 352 g/mol. The van der Waals surface area contributed by atoms with Crippen LogP contribution in [0.25, 0.3) is 11.0 Å². The summed E-state index contributed by atoms with van der Waals surface area (Å²) >= 11 is 0. The van der Waals surface area contributed by atoms with Crippen LogP contribution in [0, 0.1) is 20.8 Å². The van der Waals surface area contributed by atoms with E-state index in [4.69, 9.17) is 0 Å². The lowest BCUT2D eigenvalue weighted by atomic mass is 10.2. The maximum absolute atomic E-state index is 4.10. The minimum atomic E-state index is 1.01. The van der Waals surface area contributed by atoms with E-state index in [1.165, 1.54) is 11.3 Å². The molecule has 0 spiro atoms. The number of nitrogens with one attached hydrogen (secondary N) is 1. The molecule has 0 amide bonds. The van der Waals surface area contributed by atoms with Gasteiger partial charge in [0.1, 0.15) is 0 Å². The molecule has 3 heterocycles. The third-order valence-corrected chi connectivity index (χ3v) is 3.96. The van der Waals surface area contributed by atoms with E-state index in [0.717, 1.165) is 29.8 Å². The summed E-state index contributed by atoms with van der Waals surface area (Å²) in [5.41, 5.74) is 5.72. The molecule has 4 aromatic rings. The summed E-state index contributed by atoms with van der Waals surface area (Å²) in [6.07, 6.45) is 9.29. The summed E-state index contributed by atoms with van der Waals surface area (Å²) in [6.45, 7) is 12.4. The average molecular weight is 352 g/mol. The predicted molar refractivity (Wildman–Crippen MR) is 106 cm³/mol. The number of hydrogen-bond acceptors (Lipinski definition) is 3. The topological polar surface area (TPSA) is 64.3 Å². The lowest BCUT2D eigenvalue weighted by molar-refractivity contribution is 0.737. The van der Waals surface area contributed by atoms with Crippen molar-refractivity contribution in [3.8, 4) is 0 Å². The largest absolute Gasteiger partial charge is 0.345 e. The Morgan fingerprint density at radius 3 is 2.31 bits per heavy atom. The molecule has 0 unspecified atom stereocenters. The number of aromatic amines is 1. The average Bonchev–Trinajstić information content (AvgIpc) is 3.36. The van der Waals surface area contributed by atoms with Crippen molar-refractivity contribution in [1.82, 2.24) is 29.1 Å². The highest BCUT2D eigenvalue weighted by Crippen LogP contribution is 2.09. The highest BCUT2D eigenvalue weighted by molar-refractivity contribution is 5.74. The van der Waals surface area contributed by atoms with Crippen LogP contribution >= 0.6 is 0 Å². The van der Waals surface area contributed by atoms with Crippen molar-refractivity contribution < 1.29 is 0 Å². The van der Waals surface area contributed by atoms with E-state index in [2.05, 4.69) is 68.9 Å². The Labute approximate surface area is 154 Å². The molecule has 4 rings (SSSR count). The van der Waals surface area contributed by atoms with E-state index >= 15 is 0 Å². The van der Waals surface area contributed by atoms with Gasteiger partial charge in [0.25, 0.3) is 0 Å². The number of aryl methyl sites for hydroxylation is 5.